The number of nitrogens with one attached hydrogen (secondary N) is 1. The Hall–Kier alpha value is -3.58. The highest BCUT2D eigenvalue weighted by molar-refractivity contribution is 7.99. The molecule has 0 saturated heterocycles. The van der Waals surface area contributed by atoms with Crippen LogP contribution in [0.25, 0.3) is 17.1 Å². The van der Waals surface area contributed by atoms with E-state index < -0.39 is 0 Å². The van der Waals surface area contributed by atoms with E-state index in [-0.39, 0.29) is 11.7 Å². The molecule has 1 N–H and O–H groups in total. The minimum atomic E-state index is -0.126. The number of aromatic nitrogens is 3. The zero-order valence-electron chi connectivity index (χ0n) is 18.2. The van der Waals surface area contributed by atoms with Crippen LogP contribution in [-0.2, 0) is 4.79 Å². The van der Waals surface area contributed by atoms with Crippen molar-refractivity contribution in [2.45, 2.75) is 19.0 Å². The summed E-state index contributed by atoms with van der Waals surface area (Å²) in [6, 6.07) is 23.6. The molecule has 0 unspecified atom stereocenters. The number of anilines is 1. The molecule has 0 aliphatic heterocycles. The van der Waals surface area contributed by atoms with Crippen LogP contribution >= 0.6 is 11.8 Å². The van der Waals surface area contributed by atoms with Gasteiger partial charge < -0.3 is 10.1 Å². The Kier molecular flexibility index (Phi) is 6.56. The number of aryl methyl sites for hydroxylation is 2. The van der Waals surface area contributed by atoms with Gasteiger partial charge in [0, 0.05) is 23.0 Å². The number of hydrogen-bond acceptors (Lipinski definition) is 5. The maximum Gasteiger partial charge on any atom is 0.234 e. The summed E-state index contributed by atoms with van der Waals surface area (Å²) in [5.74, 6) is 1.51. The molecule has 0 fully saturated rings. The Bertz CT molecular complexity index is 1230. The largest absolute Gasteiger partial charge is 0.497 e. The van der Waals surface area contributed by atoms with E-state index in [2.05, 4.69) is 53.6 Å². The van der Waals surface area contributed by atoms with Crippen LogP contribution < -0.4 is 10.1 Å². The van der Waals surface area contributed by atoms with Crippen LogP contribution in [0.4, 0.5) is 5.69 Å². The highest BCUT2D eigenvalue weighted by Gasteiger charge is 2.17. The molecule has 1 heterocycles. The average Bonchev–Trinajstić information content (AvgIpc) is 3.22. The lowest BCUT2D eigenvalue weighted by Gasteiger charge is -2.11. The molecule has 0 saturated carbocycles. The van der Waals surface area contributed by atoms with E-state index in [1.165, 1.54) is 17.3 Å². The van der Waals surface area contributed by atoms with E-state index in [4.69, 9.17) is 4.74 Å². The first kappa shape index (κ1) is 21.6. The average molecular weight is 445 g/mol. The molecule has 4 rings (SSSR count). The van der Waals surface area contributed by atoms with Crippen molar-refractivity contribution in [1.82, 2.24) is 14.8 Å². The Morgan fingerprint density at radius 3 is 2.50 bits per heavy atom. The molecule has 162 valence electrons. The lowest BCUT2D eigenvalue weighted by Crippen LogP contribution is -2.14. The zero-order chi connectivity index (χ0) is 22.5. The van der Waals surface area contributed by atoms with E-state index in [1.807, 2.05) is 47.0 Å². The molecule has 0 radical (unpaired) electrons. The first-order valence-electron chi connectivity index (χ1n) is 10.2. The summed E-state index contributed by atoms with van der Waals surface area (Å²) in [5, 5.41) is 12.4. The molecular formula is C25H24N4O2S. The first-order chi connectivity index (χ1) is 15.5. The molecule has 6 nitrogen and oxygen atoms in total. The maximum absolute atomic E-state index is 12.6. The van der Waals surface area contributed by atoms with Gasteiger partial charge >= 0.3 is 0 Å². The van der Waals surface area contributed by atoms with Gasteiger partial charge in [0.1, 0.15) is 5.75 Å². The SMILES string of the molecule is COc1cccc(NC(=O)CSc2nnc(-c3cccc(C)c3)n2-c2ccc(C)cc2)c1. The summed E-state index contributed by atoms with van der Waals surface area (Å²) >= 11 is 1.35. The topological polar surface area (TPSA) is 69.0 Å². The molecule has 0 aliphatic carbocycles. The molecule has 0 bridgehead atoms. The second-order valence-electron chi connectivity index (χ2n) is 7.42. The third-order valence-electron chi connectivity index (χ3n) is 4.89. The van der Waals surface area contributed by atoms with Gasteiger partial charge in [0.25, 0.3) is 0 Å². The summed E-state index contributed by atoms with van der Waals surface area (Å²) in [4.78, 5) is 12.6. The fraction of sp³-hybridized carbons (Fsp3) is 0.160. The van der Waals surface area contributed by atoms with Gasteiger partial charge in [0.2, 0.25) is 5.91 Å². The standard InChI is InChI=1S/C25H24N4O2S/c1-17-10-12-21(13-11-17)29-24(19-7-4-6-18(2)14-19)27-28-25(29)32-16-23(30)26-20-8-5-9-22(15-20)31-3/h4-15H,16H2,1-3H3,(H,26,30). The van der Waals surface area contributed by atoms with Crippen LogP contribution in [0.3, 0.4) is 0 Å². The molecule has 0 atom stereocenters. The number of methoxy groups -OCH3 is 1. The quantitative estimate of drug-likeness (QED) is 0.392. The van der Waals surface area contributed by atoms with Crippen molar-refractivity contribution in [3.8, 4) is 22.8 Å². The van der Waals surface area contributed by atoms with Crippen LogP contribution in [0.5, 0.6) is 5.75 Å². The summed E-state index contributed by atoms with van der Waals surface area (Å²) in [6.07, 6.45) is 0. The molecule has 7 heteroatoms. The van der Waals surface area contributed by atoms with Gasteiger partial charge in [0.15, 0.2) is 11.0 Å². The number of hydrogen-bond donors (Lipinski definition) is 1. The van der Waals surface area contributed by atoms with Crippen molar-refractivity contribution < 1.29 is 9.53 Å². The van der Waals surface area contributed by atoms with Crippen molar-refractivity contribution in [3.63, 3.8) is 0 Å². The third kappa shape index (κ3) is 5.00. The predicted octanol–water partition coefficient (Wildman–Crippen LogP) is 5.29. The Labute approximate surface area is 191 Å². The third-order valence-corrected chi connectivity index (χ3v) is 5.82. The molecular weight excluding hydrogens is 420 g/mol. The monoisotopic (exact) mass is 444 g/mol. The van der Waals surface area contributed by atoms with Crippen LogP contribution in [0.15, 0.2) is 78.0 Å². The van der Waals surface area contributed by atoms with Crippen molar-refractivity contribution in [2.24, 2.45) is 0 Å². The lowest BCUT2D eigenvalue weighted by atomic mass is 10.1. The van der Waals surface area contributed by atoms with Gasteiger partial charge in [-0.2, -0.15) is 0 Å². The fourth-order valence-electron chi connectivity index (χ4n) is 3.29. The zero-order valence-corrected chi connectivity index (χ0v) is 19.0. The van der Waals surface area contributed by atoms with Gasteiger partial charge in [0.05, 0.1) is 12.9 Å². The highest BCUT2D eigenvalue weighted by Crippen LogP contribution is 2.29. The number of benzene rings is 3. The van der Waals surface area contributed by atoms with Gasteiger partial charge in [-0.15, -0.1) is 10.2 Å². The summed E-state index contributed by atoms with van der Waals surface area (Å²) < 4.78 is 7.21. The van der Waals surface area contributed by atoms with Crippen molar-refractivity contribution in [2.75, 3.05) is 18.2 Å². The number of ether oxygens (including phenoxy) is 1. The summed E-state index contributed by atoms with van der Waals surface area (Å²) in [7, 11) is 1.60. The van der Waals surface area contributed by atoms with Crippen LogP contribution in [0.1, 0.15) is 11.1 Å². The predicted molar refractivity (Wildman–Crippen MR) is 129 cm³/mol. The Morgan fingerprint density at radius 2 is 1.75 bits per heavy atom. The first-order valence-corrected chi connectivity index (χ1v) is 11.2. The number of carbonyl (C=O) groups is 1. The number of amides is 1. The number of rotatable bonds is 7. The Balaban J connectivity index is 1.59. The van der Waals surface area contributed by atoms with Crippen LogP contribution in [0, 0.1) is 13.8 Å². The lowest BCUT2D eigenvalue weighted by molar-refractivity contribution is -0.113. The molecule has 1 amide bonds. The van der Waals surface area contributed by atoms with Crippen LogP contribution in [0.2, 0.25) is 0 Å². The van der Waals surface area contributed by atoms with Gasteiger partial charge in [-0.05, 0) is 44.2 Å². The van der Waals surface area contributed by atoms with E-state index in [0.717, 1.165) is 22.6 Å². The summed E-state index contributed by atoms with van der Waals surface area (Å²) in [6.45, 7) is 4.10. The highest BCUT2D eigenvalue weighted by atomic mass is 32.2. The number of thioether (sulfide) groups is 1. The van der Waals surface area contributed by atoms with E-state index in [9.17, 15) is 4.79 Å². The molecule has 3 aromatic carbocycles. The van der Waals surface area contributed by atoms with Crippen molar-refractivity contribution >= 4 is 23.4 Å². The van der Waals surface area contributed by atoms with E-state index in [0.29, 0.717) is 16.6 Å². The minimum absolute atomic E-state index is 0.126. The van der Waals surface area contributed by atoms with E-state index >= 15 is 0 Å². The maximum atomic E-state index is 12.6. The fourth-order valence-corrected chi connectivity index (χ4v) is 4.04. The van der Waals surface area contributed by atoms with Crippen molar-refractivity contribution in [3.05, 3.63) is 83.9 Å². The van der Waals surface area contributed by atoms with Crippen molar-refractivity contribution in [1.29, 1.82) is 0 Å². The summed E-state index contributed by atoms with van der Waals surface area (Å²) in [5.41, 5.74) is 4.94. The molecule has 0 spiro atoms. The molecule has 0 aliphatic rings. The minimum Gasteiger partial charge on any atom is -0.497 e. The normalized spacial score (nSPS) is 10.7. The smallest absolute Gasteiger partial charge is 0.234 e. The van der Waals surface area contributed by atoms with Gasteiger partial charge in [-0.1, -0.05) is 59.3 Å². The number of carbonyl (C=O) groups excluding carboxylic acids is 1. The Morgan fingerprint density at radius 1 is 0.969 bits per heavy atom. The molecule has 4 aromatic rings. The molecule has 1 aromatic heterocycles. The second-order valence-corrected chi connectivity index (χ2v) is 8.36. The van der Waals surface area contributed by atoms with E-state index in [1.54, 1.807) is 13.2 Å². The van der Waals surface area contributed by atoms with Crippen LogP contribution in [-0.4, -0.2) is 33.5 Å². The van der Waals surface area contributed by atoms with Gasteiger partial charge in [-0.25, -0.2) is 0 Å². The molecule has 32 heavy (non-hydrogen) atoms. The van der Waals surface area contributed by atoms with Gasteiger partial charge in [-0.3, -0.25) is 9.36 Å². The number of nitrogens with zero attached hydrogens (tertiary/aromatic N) is 3. The second kappa shape index (κ2) is 9.70.